The maximum atomic E-state index is 13.1. The number of halogens is 3. The van der Waals surface area contributed by atoms with Crippen LogP contribution < -0.4 is 10.2 Å². The molecule has 1 N–H and O–H groups in total. The van der Waals surface area contributed by atoms with Crippen LogP contribution in [0.2, 0.25) is 0 Å². The second-order valence-corrected chi connectivity index (χ2v) is 6.70. The van der Waals surface area contributed by atoms with Crippen LogP contribution in [-0.4, -0.2) is 29.4 Å². The summed E-state index contributed by atoms with van der Waals surface area (Å²) in [5.41, 5.74) is 1.60. The lowest BCUT2D eigenvalue weighted by atomic mass is 10.2. The van der Waals surface area contributed by atoms with Crippen LogP contribution in [0.15, 0.2) is 42.6 Å². The molecule has 0 atom stereocenters. The van der Waals surface area contributed by atoms with Gasteiger partial charge in [-0.05, 0) is 42.8 Å². The van der Waals surface area contributed by atoms with Crippen molar-refractivity contribution in [2.24, 2.45) is 0 Å². The van der Waals surface area contributed by atoms with E-state index in [-0.39, 0.29) is 5.69 Å². The number of nitrogens with one attached hydrogen (secondary N) is 1. The zero-order chi connectivity index (χ0) is 20.5. The van der Waals surface area contributed by atoms with Crippen molar-refractivity contribution in [3.8, 4) is 0 Å². The minimum atomic E-state index is -4.50. The molecule has 1 aromatic carbocycles. The Kier molecular flexibility index (Phi) is 5.31. The van der Waals surface area contributed by atoms with E-state index in [9.17, 15) is 18.0 Å². The van der Waals surface area contributed by atoms with Crippen LogP contribution in [0.5, 0.6) is 0 Å². The number of aromatic nitrogens is 2. The Balaban J connectivity index is 2.01. The average molecular weight is 390 g/mol. The van der Waals surface area contributed by atoms with E-state index in [4.69, 9.17) is 0 Å². The summed E-state index contributed by atoms with van der Waals surface area (Å²) in [6.45, 7) is 1.92. The minimum absolute atomic E-state index is 0.125. The summed E-state index contributed by atoms with van der Waals surface area (Å²) in [7, 11) is 3.81. The van der Waals surface area contributed by atoms with E-state index in [2.05, 4.69) is 10.3 Å². The van der Waals surface area contributed by atoms with E-state index in [0.717, 1.165) is 18.0 Å². The Bertz CT molecular complexity index is 991. The molecule has 0 aliphatic rings. The van der Waals surface area contributed by atoms with E-state index in [0.29, 0.717) is 29.9 Å². The van der Waals surface area contributed by atoms with Crippen molar-refractivity contribution in [2.75, 3.05) is 24.3 Å². The molecule has 0 spiro atoms. The van der Waals surface area contributed by atoms with Gasteiger partial charge in [0.15, 0.2) is 0 Å². The molecule has 0 unspecified atom stereocenters. The van der Waals surface area contributed by atoms with Crippen LogP contribution in [0.4, 0.5) is 24.5 Å². The van der Waals surface area contributed by atoms with Gasteiger partial charge in [-0.25, -0.2) is 4.98 Å². The molecule has 0 aliphatic heterocycles. The van der Waals surface area contributed by atoms with Crippen LogP contribution in [-0.2, 0) is 12.6 Å². The first-order valence-corrected chi connectivity index (χ1v) is 8.87. The molecule has 2 heterocycles. The van der Waals surface area contributed by atoms with Crippen molar-refractivity contribution in [3.05, 3.63) is 59.5 Å². The van der Waals surface area contributed by atoms with Gasteiger partial charge in [-0.1, -0.05) is 13.3 Å². The Hall–Kier alpha value is -3.03. The summed E-state index contributed by atoms with van der Waals surface area (Å²) in [4.78, 5) is 19.2. The highest BCUT2D eigenvalue weighted by molar-refractivity contribution is 6.04. The molecule has 1 amide bonds. The third-order valence-electron chi connectivity index (χ3n) is 4.36. The minimum Gasteiger partial charge on any atom is -0.378 e. The van der Waals surface area contributed by atoms with Crippen LogP contribution in [0.1, 0.15) is 35.1 Å². The highest BCUT2D eigenvalue weighted by atomic mass is 19.4. The quantitative estimate of drug-likeness (QED) is 0.691. The molecule has 0 saturated heterocycles. The molecule has 3 rings (SSSR count). The number of imidazole rings is 1. The maximum absolute atomic E-state index is 13.1. The predicted molar refractivity (Wildman–Crippen MR) is 103 cm³/mol. The molecule has 0 saturated carbocycles. The van der Waals surface area contributed by atoms with Crippen molar-refractivity contribution in [1.29, 1.82) is 0 Å². The molecule has 0 radical (unpaired) electrons. The second kappa shape index (κ2) is 7.53. The highest BCUT2D eigenvalue weighted by Crippen LogP contribution is 2.30. The van der Waals surface area contributed by atoms with Gasteiger partial charge in [0.2, 0.25) is 0 Å². The van der Waals surface area contributed by atoms with Crippen LogP contribution >= 0.6 is 0 Å². The summed E-state index contributed by atoms with van der Waals surface area (Å²) in [5.74, 6) is -0.493. The molecule has 0 bridgehead atoms. The molecule has 2 aromatic heterocycles. The summed E-state index contributed by atoms with van der Waals surface area (Å²) >= 11 is 0. The van der Waals surface area contributed by atoms with Gasteiger partial charge < -0.3 is 10.2 Å². The normalized spacial score (nSPS) is 11.6. The number of carbonyl (C=O) groups is 1. The van der Waals surface area contributed by atoms with Gasteiger partial charge in [0.05, 0.1) is 11.3 Å². The van der Waals surface area contributed by atoms with E-state index >= 15 is 0 Å². The number of rotatable bonds is 5. The Labute approximate surface area is 160 Å². The summed E-state index contributed by atoms with van der Waals surface area (Å²) < 4.78 is 40.6. The second-order valence-electron chi connectivity index (χ2n) is 6.70. The van der Waals surface area contributed by atoms with Crippen LogP contribution in [0.3, 0.4) is 0 Å². The molecule has 148 valence electrons. The molecule has 0 fully saturated rings. The number of pyridine rings is 1. The average Bonchev–Trinajstić information content (AvgIpc) is 2.99. The number of fused-ring (bicyclic) bond motifs is 1. The zero-order valence-electron chi connectivity index (χ0n) is 15.8. The third-order valence-corrected chi connectivity index (χ3v) is 4.36. The standard InChI is InChI=1S/C20H21F3N4O/c1-4-5-16-18(19(28)24-14-7-9-15(10-8-14)26(2)3)27-12-13(20(21,22)23)6-11-17(27)25-16/h6-12H,4-5H2,1-3H3,(H,24,28). The number of aryl methyl sites for hydroxylation is 1. The number of nitrogens with zero attached hydrogens (tertiary/aromatic N) is 3. The van der Waals surface area contributed by atoms with Gasteiger partial charge in [0, 0.05) is 31.7 Å². The Morgan fingerprint density at radius 1 is 1.14 bits per heavy atom. The number of amides is 1. The SMILES string of the molecule is CCCc1nc2ccc(C(F)(F)F)cn2c1C(=O)Nc1ccc(N(C)C)cc1. The smallest absolute Gasteiger partial charge is 0.378 e. The van der Waals surface area contributed by atoms with Gasteiger partial charge in [-0.15, -0.1) is 0 Å². The van der Waals surface area contributed by atoms with Crippen LogP contribution in [0.25, 0.3) is 5.65 Å². The first-order chi connectivity index (χ1) is 13.2. The molecule has 5 nitrogen and oxygen atoms in total. The molecular weight excluding hydrogens is 369 g/mol. The van der Waals surface area contributed by atoms with Crippen molar-refractivity contribution < 1.29 is 18.0 Å². The van der Waals surface area contributed by atoms with Crippen molar-refractivity contribution in [3.63, 3.8) is 0 Å². The molecule has 8 heteroatoms. The monoisotopic (exact) mass is 390 g/mol. The van der Waals surface area contributed by atoms with Crippen molar-refractivity contribution in [1.82, 2.24) is 9.38 Å². The summed E-state index contributed by atoms with van der Waals surface area (Å²) in [5, 5.41) is 2.76. The van der Waals surface area contributed by atoms with Gasteiger partial charge in [0.1, 0.15) is 11.3 Å². The molecule has 28 heavy (non-hydrogen) atoms. The van der Waals surface area contributed by atoms with Crippen LogP contribution in [0, 0.1) is 0 Å². The fourth-order valence-electron chi connectivity index (χ4n) is 2.95. The number of benzene rings is 1. The number of carbonyl (C=O) groups excluding carboxylic acids is 1. The summed E-state index contributed by atoms with van der Waals surface area (Å²) in [6.07, 6.45) is -2.37. The van der Waals surface area contributed by atoms with E-state index in [1.165, 1.54) is 10.5 Å². The third kappa shape index (κ3) is 3.95. The Morgan fingerprint density at radius 3 is 2.39 bits per heavy atom. The summed E-state index contributed by atoms with van der Waals surface area (Å²) in [6, 6.07) is 9.44. The molecule has 0 aliphatic carbocycles. The lowest BCUT2D eigenvalue weighted by molar-refractivity contribution is -0.137. The molecular formula is C20H21F3N4O. The Morgan fingerprint density at radius 2 is 1.82 bits per heavy atom. The van der Waals surface area contributed by atoms with E-state index in [1.807, 2.05) is 38.1 Å². The maximum Gasteiger partial charge on any atom is 0.417 e. The number of anilines is 2. The lowest BCUT2D eigenvalue weighted by Gasteiger charge is -2.13. The van der Waals surface area contributed by atoms with Crippen molar-refractivity contribution in [2.45, 2.75) is 25.9 Å². The zero-order valence-corrected chi connectivity index (χ0v) is 15.8. The molecule has 3 aromatic rings. The number of hydrogen-bond acceptors (Lipinski definition) is 3. The number of alkyl halides is 3. The fourth-order valence-corrected chi connectivity index (χ4v) is 2.95. The predicted octanol–water partition coefficient (Wildman–Crippen LogP) is 4.62. The van der Waals surface area contributed by atoms with E-state index < -0.39 is 17.6 Å². The van der Waals surface area contributed by atoms with Crippen molar-refractivity contribution >= 4 is 22.9 Å². The fraction of sp³-hybridized carbons (Fsp3) is 0.300. The topological polar surface area (TPSA) is 49.6 Å². The van der Waals surface area contributed by atoms with Gasteiger partial charge >= 0.3 is 6.18 Å². The highest BCUT2D eigenvalue weighted by Gasteiger charge is 2.32. The number of hydrogen-bond donors (Lipinski definition) is 1. The largest absolute Gasteiger partial charge is 0.417 e. The van der Waals surface area contributed by atoms with Gasteiger partial charge in [0.25, 0.3) is 5.91 Å². The first kappa shape index (κ1) is 19.7. The van der Waals surface area contributed by atoms with Gasteiger partial charge in [-0.3, -0.25) is 9.20 Å². The lowest BCUT2D eigenvalue weighted by Crippen LogP contribution is -2.17. The van der Waals surface area contributed by atoms with E-state index in [1.54, 1.807) is 12.1 Å². The first-order valence-electron chi connectivity index (χ1n) is 8.87. The van der Waals surface area contributed by atoms with Gasteiger partial charge in [-0.2, -0.15) is 13.2 Å².